The van der Waals surface area contributed by atoms with Crippen LogP contribution in [0, 0.1) is 0 Å². The highest BCUT2D eigenvalue weighted by molar-refractivity contribution is 5.93. The molecule has 4 rings (SSSR count). The second-order valence-electron chi connectivity index (χ2n) is 5.88. The molecule has 2 heterocycles. The first kappa shape index (κ1) is 17.8. The van der Waals surface area contributed by atoms with Crippen LogP contribution in [0.15, 0.2) is 33.5 Å². The van der Waals surface area contributed by atoms with Gasteiger partial charge < -0.3 is 32.8 Å². The van der Waals surface area contributed by atoms with Crippen LogP contribution in [0.5, 0.6) is 34.5 Å². The summed E-state index contributed by atoms with van der Waals surface area (Å²) < 4.78 is 38.4. The van der Waals surface area contributed by atoms with Gasteiger partial charge in [-0.15, -0.1) is 0 Å². The van der Waals surface area contributed by atoms with Gasteiger partial charge in [-0.1, -0.05) is 0 Å². The Balaban J connectivity index is 2.08. The van der Waals surface area contributed by atoms with Gasteiger partial charge in [0.25, 0.3) is 0 Å². The quantitative estimate of drug-likeness (QED) is 0.661. The van der Waals surface area contributed by atoms with Gasteiger partial charge in [0, 0.05) is 11.6 Å². The molecule has 28 heavy (non-hydrogen) atoms. The highest BCUT2D eigenvalue weighted by atomic mass is 16.7. The van der Waals surface area contributed by atoms with Crippen molar-refractivity contribution < 1.29 is 32.8 Å². The average Bonchev–Trinajstić information content (AvgIpc) is 3.19. The fraction of sp³-hybridized carbons (Fsp3) is 0.250. The van der Waals surface area contributed by atoms with Crippen LogP contribution in [0.25, 0.3) is 22.3 Å². The first-order valence-electron chi connectivity index (χ1n) is 8.36. The Hall–Kier alpha value is -3.55. The lowest BCUT2D eigenvalue weighted by molar-refractivity contribution is 0.174. The summed E-state index contributed by atoms with van der Waals surface area (Å²) in [5.74, 6) is 2.38. The third-order valence-corrected chi connectivity index (χ3v) is 4.49. The molecule has 0 fully saturated rings. The zero-order valence-electron chi connectivity index (χ0n) is 15.8. The lowest BCUT2D eigenvalue weighted by atomic mass is 10.1. The predicted molar refractivity (Wildman–Crippen MR) is 100 cm³/mol. The van der Waals surface area contributed by atoms with Gasteiger partial charge in [-0.3, -0.25) is 4.79 Å². The molecule has 8 heteroatoms. The number of benzene rings is 2. The maximum Gasteiger partial charge on any atom is 0.239 e. The third-order valence-electron chi connectivity index (χ3n) is 4.49. The van der Waals surface area contributed by atoms with E-state index in [0.717, 1.165) is 0 Å². The van der Waals surface area contributed by atoms with Crippen molar-refractivity contribution in [2.24, 2.45) is 0 Å². The van der Waals surface area contributed by atoms with E-state index in [0.29, 0.717) is 22.8 Å². The normalized spacial score (nSPS) is 12.1. The Labute approximate surface area is 160 Å². The van der Waals surface area contributed by atoms with Gasteiger partial charge in [-0.05, 0) is 18.2 Å². The molecule has 0 bridgehead atoms. The van der Waals surface area contributed by atoms with Crippen molar-refractivity contribution in [1.82, 2.24) is 0 Å². The molecule has 0 aliphatic carbocycles. The Kier molecular flexibility index (Phi) is 4.38. The summed E-state index contributed by atoms with van der Waals surface area (Å²) in [5, 5.41) is 0.196. The van der Waals surface area contributed by atoms with E-state index in [1.54, 1.807) is 24.3 Å². The SMILES string of the molecule is COc1cc(OC)c2c(=O)c(OC)c(-c3ccc4c(c3)OCO4)oc2c1OC. The minimum atomic E-state index is -0.394. The van der Waals surface area contributed by atoms with E-state index in [1.165, 1.54) is 28.4 Å². The molecule has 1 aliphatic heterocycles. The van der Waals surface area contributed by atoms with E-state index < -0.39 is 5.43 Å². The predicted octanol–water partition coefficient (Wildman–Crippen LogP) is 3.22. The van der Waals surface area contributed by atoms with Gasteiger partial charge in [-0.25, -0.2) is 0 Å². The molecule has 0 amide bonds. The van der Waals surface area contributed by atoms with Crippen LogP contribution in [0.2, 0.25) is 0 Å². The molecular formula is C20H18O8. The Morgan fingerprint density at radius 1 is 0.821 bits per heavy atom. The van der Waals surface area contributed by atoms with Crippen LogP contribution in [-0.2, 0) is 0 Å². The van der Waals surface area contributed by atoms with Crippen molar-refractivity contribution >= 4 is 11.0 Å². The Morgan fingerprint density at radius 2 is 1.54 bits per heavy atom. The summed E-state index contributed by atoms with van der Waals surface area (Å²) in [7, 11) is 5.82. The van der Waals surface area contributed by atoms with Gasteiger partial charge in [-0.2, -0.15) is 0 Å². The van der Waals surface area contributed by atoms with Crippen molar-refractivity contribution in [3.8, 4) is 45.8 Å². The average molecular weight is 386 g/mol. The summed E-state index contributed by atoms with van der Waals surface area (Å²) in [5.41, 5.74) is 0.385. The summed E-state index contributed by atoms with van der Waals surface area (Å²) >= 11 is 0. The molecule has 8 nitrogen and oxygen atoms in total. The molecule has 1 aromatic heterocycles. The lowest BCUT2D eigenvalue weighted by Crippen LogP contribution is -2.10. The van der Waals surface area contributed by atoms with Crippen LogP contribution >= 0.6 is 0 Å². The molecule has 0 atom stereocenters. The molecule has 2 aromatic carbocycles. The van der Waals surface area contributed by atoms with Gasteiger partial charge >= 0.3 is 0 Å². The van der Waals surface area contributed by atoms with Gasteiger partial charge in [0.1, 0.15) is 11.1 Å². The smallest absolute Gasteiger partial charge is 0.239 e. The van der Waals surface area contributed by atoms with Gasteiger partial charge in [0.05, 0.1) is 28.4 Å². The number of fused-ring (bicyclic) bond motifs is 2. The topological polar surface area (TPSA) is 85.6 Å². The highest BCUT2D eigenvalue weighted by Gasteiger charge is 2.26. The molecule has 0 saturated carbocycles. The van der Waals surface area contributed by atoms with Crippen LogP contribution in [0.1, 0.15) is 0 Å². The standard InChI is InChI=1S/C20H18O8/c1-22-13-8-14(23-2)18(24-3)19-15(13)16(21)20(25-4)17(28-19)10-5-6-11-12(7-10)27-9-26-11/h5-8H,9H2,1-4H3. The minimum Gasteiger partial charge on any atom is -0.496 e. The number of hydrogen-bond acceptors (Lipinski definition) is 8. The van der Waals surface area contributed by atoms with E-state index in [4.69, 9.17) is 32.8 Å². The number of methoxy groups -OCH3 is 4. The second-order valence-corrected chi connectivity index (χ2v) is 5.88. The van der Waals surface area contributed by atoms with Crippen LogP contribution in [-0.4, -0.2) is 35.2 Å². The van der Waals surface area contributed by atoms with Crippen LogP contribution in [0.4, 0.5) is 0 Å². The van der Waals surface area contributed by atoms with E-state index in [1.807, 2.05) is 0 Å². The number of hydrogen-bond donors (Lipinski definition) is 0. The molecule has 0 unspecified atom stereocenters. The highest BCUT2D eigenvalue weighted by Crippen LogP contribution is 2.44. The summed E-state index contributed by atoms with van der Waals surface area (Å²) in [4.78, 5) is 13.2. The fourth-order valence-corrected chi connectivity index (χ4v) is 3.19. The maximum atomic E-state index is 13.2. The van der Waals surface area contributed by atoms with Crippen LogP contribution < -0.4 is 33.8 Å². The van der Waals surface area contributed by atoms with Crippen molar-refractivity contribution in [3.63, 3.8) is 0 Å². The molecule has 0 N–H and O–H groups in total. The van der Waals surface area contributed by atoms with Crippen LogP contribution in [0.3, 0.4) is 0 Å². The summed E-state index contributed by atoms with van der Waals surface area (Å²) in [6, 6.07) is 6.78. The third kappa shape index (κ3) is 2.57. The molecular weight excluding hydrogens is 368 g/mol. The van der Waals surface area contributed by atoms with Crippen molar-refractivity contribution in [3.05, 3.63) is 34.5 Å². The molecule has 0 spiro atoms. The molecule has 146 valence electrons. The van der Waals surface area contributed by atoms with Gasteiger partial charge in [0.15, 0.2) is 28.6 Å². The van der Waals surface area contributed by atoms with E-state index in [9.17, 15) is 4.79 Å². The number of ether oxygens (including phenoxy) is 6. The summed E-state index contributed by atoms with van der Waals surface area (Å²) in [6.07, 6.45) is 0. The monoisotopic (exact) mass is 386 g/mol. The molecule has 0 radical (unpaired) electrons. The molecule has 1 aliphatic rings. The fourth-order valence-electron chi connectivity index (χ4n) is 3.19. The molecule has 0 saturated heterocycles. The van der Waals surface area contributed by atoms with E-state index in [-0.39, 0.29) is 40.8 Å². The Bertz CT molecular complexity index is 1120. The number of rotatable bonds is 5. The van der Waals surface area contributed by atoms with Crippen molar-refractivity contribution in [1.29, 1.82) is 0 Å². The van der Waals surface area contributed by atoms with E-state index in [2.05, 4.69) is 0 Å². The van der Waals surface area contributed by atoms with E-state index >= 15 is 0 Å². The zero-order chi connectivity index (χ0) is 19.8. The molecule has 3 aromatic rings. The lowest BCUT2D eigenvalue weighted by Gasteiger charge is -2.15. The first-order chi connectivity index (χ1) is 13.6. The largest absolute Gasteiger partial charge is 0.496 e. The summed E-state index contributed by atoms with van der Waals surface area (Å²) in [6.45, 7) is 0.139. The maximum absolute atomic E-state index is 13.2. The minimum absolute atomic E-state index is 0.0388. The Morgan fingerprint density at radius 3 is 2.21 bits per heavy atom. The first-order valence-corrected chi connectivity index (χ1v) is 8.36. The second kappa shape index (κ2) is 6.88. The zero-order valence-corrected chi connectivity index (χ0v) is 15.8. The van der Waals surface area contributed by atoms with Crippen molar-refractivity contribution in [2.75, 3.05) is 35.2 Å². The van der Waals surface area contributed by atoms with Crippen molar-refractivity contribution in [2.45, 2.75) is 0 Å². The van der Waals surface area contributed by atoms with Gasteiger partial charge in [0.2, 0.25) is 23.7 Å².